The average molecular weight is 239 g/mol. The van der Waals surface area contributed by atoms with Crippen molar-refractivity contribution in [1.82, 2.24) is 10.1 Å². The second kappa shape index (κ2) is 4.38. The molecular weight excluding hydrogens is 232 g/mol. The van der Waals surface area contributed by atoms with E-state index in [1.807, 2.05) is 0 Å². The van der Waals surface area contributed by atoms with Gasteiger partial charge in [-0.3, -0.25) is 4.79 Å². The summed E-state index contributed by atoms with van der Waals surface area (Å²) >= 11 is 0. The standard InChI is InChI=1S/C10H7F2N3O2/c11-7-1-5(4-16)6(2-8(7)12)10-14-9(3-13)17-15-10/h1-2,4H,3,13H2. The molecule has 0 fully saturated rings. The highest BCUT2D eigenvalue weighted by atomic mass is 19.2. The van der Waals surface area contributed by atoms with Crippen LogP contribution in [0.15, 0.2) is 16.7 Å². The van der Waals surface area contributed by atoms with Gasteiger partial charge in [-0.05, 0) is 12.1 Å². The highest BCUT2D eigenvalue weighted by Crippen LogP contribution is 2.22. The van der Waals surface area contributed by atoms with E-state index in [9.17, 15) is 13.6 Å². The molecular formula is C10H7F2N3O2. The van der Waals surface area contributed by atoms with Crippen LogP contribution in [0.4, 0.5) is 8.78 Å². The van der Waals surface area contributed by atoms with Gasteiger partial charge in [-0.1, -0.05) is 5.16 Å². The molecule has 0 amide bonds. The molecule has 88 valence electrons. The average Bonchev–Trinajstić information content (AvgIpc) is 2.80. The Bertz CT molecular complexity index is 569. The molecule has 5 nitrogen and oxygen atoms in total. The Morgan fingerprint density at radius 1 is 1.35 bits per heavy atom. The fourth-order valence-electron chi connectivity index (χ4n) is 1.30. The number of benzene rings is 1. The summed E-state index contributed by atoms with van der Waals surface area (Å²) in [6.07, 6.45) is 0.385. The highest BCUT2D eigenvalue weighted by Gasteiger charge is 2.15. The van der Waals surface area contributed by atoms with E-state index >= 15 is 0 Å². The molecule has 0 aliphatic heterocycles. The molecule has 0 saturated carbocycles. The van der Waals surface area contributed by atoms with Gasteiger partial charge in [-0.25, -0.2) is 8.78 Å². The van der Waals surface area contributed by atoms with Crippen molar-refractivity contribution in [1.29, 1.82) is 0 Å². The molecule has 17 heavy (non-hydrogen) atoms. The van der Waals surface area contributed by atoms with Crippen LogP contribution in [0.2, 0.25) is 0 Å². The number of carbonyl (C=O) groups excluding carboxylic acids is 1. The molecule has 1 aromatic carbocycles. The van der Waals surface area contributed by atoms with Gasteiger partial charge in [0, 0.05) is 11.1 Å². The van der Waals surface area contributed by atoms with E-state index in [4.69, 9.17) is 10.3 Å². The van der Waals surface area contributed by atoms with Crippen molar-refractivity contribution in [3.8, 4) is 11.4 Å². The summed E-state index contributed by atoms with van der Waals surface area (Å²) < 4.78 is 30.7. The summed E-state index contributed by atoms with van der Waals surface area (Å²) in [5, 5.41) is 3.52. The van der Waals surface area contributed by atoms with Gasteiger partial charge in [-0.15, -0.1) is 0 Å². The Balaban J connectivity index is 2.57. The zero-order valence-electron chi connectivity index (χ0n) is 8.48. The van der Waals surface area contributed by atoms with Crippen LogP contribution in [0.5, 0.6) is 0 Å². The number of hydrogen-bond acceptors (Lipinski definition) is 5. The van der Waals surface area contributed by atoms with E-state index in [1.54, 1.807) is 0 Å². The van der Waals surface area contributed by atoms with Crippen LogP contribution in [0.25, 0.3) is 11.4 Å². The zero-order valence-corrected chi connectivity index (χ0v) is 8.48. The lowest BCUT2D eigenvalue weighted by atomic mass is 10.1. The molecule has 2 N–H and O–H groups in total. The predicted molar refractivity (Wildman–Crippen MR) is 52.9 cm³/mol. The minimum absolute atomic E-state index is 0.00792. The Hall–Kier alpha value is -2.15. The molecule has 0 spiro atoms. The molecule has 0 saturated heterocycles. The first-order valence-corrected chi connectivity index (χ1v) is 4.63. The number of nitrogens with two attached hydrogens (primary N) is 1. The Kier molecular flexibility index (Phi) is 2.92. The second-order valence-corrected chi connectivity index (χ2v) is 3.19. The largest absolute Gasteiger partial charge is 0.338 e. The third-order valence-electron chi connectivity index (χ3n) is 2.10. The van der Waals surface area contributed by atoms with E-state index in [0.29, 0.717) is 6.29 Å². The molecule has 0 unspecified atom stereocenters. The number of halogens is 2. The van der Waals surface area contributed by atoms with Crippen molar-refractivity contribution in [2.24, 2.45) is 5.73 Å². The van der Waals surface area contributed by atoms with Gasteiger partial charge in [0.15, 0.2) is 17.9 Å². The van der Waals surface area contributed by atoms with Crippen molar-refractivity contribution in [3.63, 3.8) is 0 Å². The van der Waals surface area contributed by atoms with Crippen molar-refractivity contribution in [3.05, 3.63) is 35.2 Å². The summed E-state index contributed by atoms with van der Waals surface area (Å²) in [6.45, 7) is 0.0209. The van der Waals surface area contributed by atoms with Gasteiger partial charge in [0.05, 0.1) is 6.54 Å². The molecule has 7 heteroatoms. The lowest BCUT2D eigenvalue weighted by molar-refractivity contribution is 0.112. The van der Waals surface area contributed by atoms with Crippen LogP contribution in [0, 0.1) is 11.6 Å². The quantitative estimate of drug-likeness (QED) is 0.816. The van der Waals surface area contributed by atoms with Gasteiger partial charge in [0.1, 0.15) is 0 Å². The molecule has 0 radical (unpaired) electrons. The van der Waals surface area contributed by atoms with Crippen LogP contribution in [0.3, 0.4) is 0 Å². The summed E-state index contributed by atoms with van der Waals surface area (Å²) in [7, 11) is 0. The Labute approximate surface area is 94.2 Å². The highest BCUT2D eigenvalue weighted by molar-refractivity contribution is 5.85. The van der Waals surface area contributed by atoms with E-state index in [2.05, 4.69) is 10.1 Å². The molecule has 0 atom stereocenters. The van der Waals surface area contributed by atoms with Crippen LogP contribution < -0.4 is 5.73 Å². The monoisotopic (exact) mass is 239 g/mol. The van der Waals surface area contributed by atoms with Crippen LogP contribution in [-0.2, 0) is 6.54 Å². The Morgan fingerprint density at radius 3 is 2.65 bits per heavy atom. The SMILES string of the molecule is NCc1nc(-c2cc(F)c(F)cc2C=O)no1. The molecule has 2 rings (SSSR count). The molecule has 0 aliphatic rings. The molecule has 0 aliphatic carbocycles. The topological polar surface area (TPSA) is 82.0 Å². The van der Waals surface area contributed by atoms with Gasteiger partial charge in [0.25, 0.3) is 0 Å². The fraction of sp³-hybridized carbons (Fsp3) is 0.100. The molecule has 2 aromatic rings. The number of nitrogens with zero attached hydrogens (tertiary/aromatic N) is 2. The predicted octanol–water partition coefficient (Wildman–Crippen LogP) is 1.29. The maximum absolute atomic E-state index is 13.1. The third-order valence-corrected chi connectivity index (χ3v) is 2.10. The van der Waals surface area contributed by atoms with Crippen LogP contribution in [0.1, 0.15) is 16.2 Å². The normalized spacial score (nSPS) is 10.5. The number of rotatable bonds is 3. The maximum atomic E-state index is 13.1. The van der Waals surface area contributed by atoms with E-state index < -0.39 is 11.6 Å². The Morgan fingerprint density at radius 2 is 2.06 bits per heavy atom. The van der Waals surface area contributed by atoms with E-state index in [-0.39, 0.29) is 29.4 Å². The van der Waals surface area contributed by atoms with Crippen molar-refractivity contribution in [2.75, 3.05) is 0 Å². The maximum Gasteiger partial charge on any atom is 0.240 e. The smallest absolute Gasteiger partial charge is 0.240 e. The molecule has 1 heterocycles. The summed E-state index contributed by atoms with van der Waals surface area (Å²) in [6, 6.07) is 1.61. The van der Waals surface area contributed by atoms with Gasteiger partial charge in [0.2, 0.25) is 11.7 Å². The second-order valence-electron chi connectivity index (χ2n) is 3.19. The van der Waals surface area contributed by atoms with E-state index in [1.165, 1.54) is 0 Å². The number of carbonyl (C=O) groups is 1. The lowest BCUT2D eigenvalue weighted by Crippen LogP contribution is -1.97. The van der Waals surface area contributed by atoms with Crippen LogP contribution >= 0.6 is 0 Å². The van der Waals surface area contributed by atoms with Crippen molar-refractivity contribution < 1.29 is 18.1 Å². The number of aldehydes is 1. The first-order chi connectivity index (χ1) is 8.15. The van der Waals surface area contributed by atoms with Crippen LogP contribution in [-0.4, -0.2) is 16.4 Å². The fourth-order valence-corrected chi connectivity index (χ4v) is 1.30. The minimum atomic E-state index is -1.11. The lowest BCUT2D eigenvalue weighted by Gasteiger charge is -2.00. The van der Waals surface area contributed by atoms with Gasteiger partial charge >= 0.3 is 0 Å². The number of hydrogen-bond donors (Lipinski definition) is 1. The summed E-state index contributed by atoms with van der Waals surface area (Å²) in [4.78, 5) is 14.6. The number of aromatic nitrogens is 2. The van der Waals surface area contributed by atoms with Crippen molar-refractivity contribution >= 4 is 6.29 Å². The minimum Gasteiger partial charge on any atom is -0.338 e. The third kappa shape index (κ3) is 2.04. The zero-order chi connectivity index (χ0) is 12.4. The first kappa shape index (κ1) is 11.3. The van der Waals surface area contributed by atoms with E-state index in [0.717, 1.165) is 12.1 Å². The molecule has 0 bridgehead atoms. The van der Waals surface area contributed by atoms with Gasteiger partial charge < -0.3 is 10.3 Å². The van der Waals surface area contributed by atoms with Gasteiger partial charge in [-0.2, -0.15) is 4.98 Å². The van der Waals surface area contributed by atoms with Crippen molar-refractivity contribution in [2.45, 2.75) is 6.54 Å². The molecule has 1 aromatic heterocycles. The summed E-state index contributed by atoms with van der Waals surface area (Å²) in [5.41, 5.74) is 5.26. The summed E-state index contributed by atoms with van der Waals surface area (Å²) in [5.74, 6) is -2.07. The first-order valence-electron chi connectivity index (χ1n) is 4.63.